The number of amides is 1. The SMILES string of the molecule is Cc1cccc(/C=C/C(=O)OCC(=O)Nc2cccc3ccccc23)c1. The fourth-order valence-electron chi connectivity index (χ4n) is 2.64. The number of benzene rings is 3. The number of aryl methyl sites for hydroxylation is 1. The molecular weight excluding hydrogens is 326 g/mol. The maximum atomic E-state index is 12.1. The Labute approximate surface area is 152 Å². The molecule has 0 aliphatic heterocycles. The molecule has 1 N–H and O–H groups in total. The molecular formula is C22H19NO3. The van der Waals surface area contributed by atoms with Crippen molar-refractivity contribution in [1.29, 1.82) is 0 Å². The van der Waals surface area contributed by atoms with Gasteiger partial charge in [-0.25, -0.2) is 4.79 Å². The summed E-state index contributed by atoms with van der Waals surface area (Å²) < 4.78 is 5.00. The average molecular weight is 345 g/mol. The van der Waals surface area contributed by atoms with Gasteiger partial charge in [0.1, 0.15) is 0 Å². The van der Waals surface area contributed by atoms with E-state index in [1.54, 1.807) is 6.08 Å². The van der Waals surface area contributed by atoms with E-state index in [2.05, 4.69) is 5.32 Å². The molecule has 4 heteroatoms. The molecule has 0 aromatic heterocycles. The smallest absolute Gasteiger partial charge is 0.331 e. The van der Waals surface area contributed by atoms with Crippen molar-refractivity contribution >= 4 is 34.4 Å². The van der Waals surface area contributed by atoms with Crippen molar-refractivity contribution in [2.24, 2.45) is 0 Å². The van der Waals surface area contributed by atoms with Gasteiger partial charge in [-0.3, -0.25) is 4.79 Å². The number of carbonyl (C=O) groups is 2. The van der Waals surface area contributed by atoms with Crippen LogP contribution in [0.25, 0.3) is 16.8 Å². The second kappa shape index (κ2) is 8.12. The van der Waals surface area contributed by atoms with E-state index in [0.29, 0.717) is 5.69 Å². The van der Waals surface area contributed by atoms with E-state index in [4.69, 9.17) is 4.74 Å². The number of hydrogen-bond donors (Lipinski definition) is 1. The predicted molar refractivity (Wildman–Crippen MR) is 104 cm³/mol. The fraction of sp³-hybridized carbons (Fsp3) is 0.0909. The van der Waals surface area contributed by atoms with Crippen LogP contribution in [-0.4, -0.2) is 18.5 Å². The molecule has 0 fully saturated rings. The topological polar surface area (TPSA) is 55.4 Å². The van der Waals surface area contributed by atoms with Gasteiger partial charge in [-0.15, -0.1) is 0 Å². The molecule has 3 rings (SSSR count). The quantitative estimate of drug-likeness (QED) is 0.553. The van der Waals surface area contributed by atoms with Crippen LogP contribution in [0.1, 0.15) is 11.1 Å². The molecule has 0 heterocycles. The Bertz CT molecular complexity index is 971. The Hall–Kier alpha value is -3.40. The van der Waals surface area contributed by atoms with Gasteiger partial charge in [0.2, 0.25) is 0 Å². The fourth-order valence-corrected chi connectivity index (χ4v) is 2.64. The first-order valence-corrected chi connectivity index (χ1v) is 8.31. The van der Waals surface area contributed by atoms with E-state index in [-0.39, 0.29) is 12.5 Å². The zero-order valence-electron chi connectivity index (χ0n) is 14.4. The number of hydrogen-bond acceptors (Lipinski definition) is 3. The number of ether oxygens (including phenoxy) is 1. The molecule has 0 radical (unpaired) electrons. The largest absolute Gasteiger partial charge is 0.452 e. The number of carbonyl (C=O) groups excluding carboxylic acids is 2. The van der Waals surface area contributed by atoms with Crippen LogP contribution in [0, 0.1) is 6.92 Å². The van der Waals surface area contributed by atoms with E-state index in [1.165, 1.54) is 6.08 Å². The van der Waals surface area contributed by atoms with Crippen LogP contribution >= 0.6 is 0 Å². The number of esters is 1. The standard InChI is InChI=1S/C22H19NO3/c1-16-6-4-7-17(14-16)12-13-22(25)26-15-21(24)23-20-11-5-9-18-8-2-3-10-19(18)20/h2-14H,15H2,1H3,(H,23,24)/b13-12+. The normalized spacial score (nSPS) is 10.8. The summed E-state index contributed by atoms with van der Waals surface area (Å²) in [6.45, 7) is 1.65. The van der Waals surface area contributed by atoms with Crippen LogP contribution in [0.2, 0.25) is 0 Å². The molecule has 0 unspecified atom stereocenters. The minimum Gasteiger partial charge on any atom is -0.452 e. The molecule has 0 saturated carbocycles. The van der Waals surface area contributed by atoms with Gasteiger partial charge in [-0.1, -0.05) is 66.2 Å². The number of fused-ring (bicyclic) bond motifs is 1. The van der Waals surface area contributed by atoms with E-state index >= 15 is 0 Å². The van der Waals surface area contributed by atoms with Crippen molar-refractivity contribution in [2.45, 2.75) is 6.92 Å². The molecule has 3 aromatic carbocycles. The summed E-state index contributed by atoms with van der Waals surface area (Å²) >= 11 is 0. The molecule has 0 aliphatic rings. The summed E-state index contributed by atoms with van der Waals surface area (Å²) in [6, 6.07) is 21.2. The summed E-state index contributed by atoms with van der Waals surface area (Å²) in [7, 11) is 0. The van der Waals surface area contributed by atoms with E-state index in [1.807, 2.05) is 73.7 Å². The average Bonchev–Trinajstić information content (AvgIpc) is 2.65. The van der Waals surface area contributed by atoms with Crippen LogP contribution in [0.4, 0.5) is 5.69 Å². The van der Waals surface area contributed by atoms with E-state index in [0.717, 1.165) is 21.9 Å². The Morgan fingerprint density at radius 2 is 1.77 bits per heavy atom. The predicted octanol–water partition coefficient (Wildman–Crippen LogP) is 4.34. The maximum absolute atomic E-state index is 12.1. The van der Waals surface area contributed by atoms with Crippen molar-refractivity contribution in [1.82, 2.24) is 0 Å². The van der Waals surface area contributed by atoms with Crippen LogP contribution in [0.15, 0.2) is 72.8 Å². The summed E-state index contributed by atoms with van der Waals surface area (Å²) in [5.41, 5.74) is 2.71. The summed E-state index contributed by atoms with van der Waals surface area (Å²) in [6.07, 6.45) is 2.98. The molecule has 4 nitrogen and oxygen atoms in total. The lowest BCUT2D eigenvalue weighted by molar-refractivity contribution is -0.142. The van der Waals surface area contributed by atoms with Crippen molar-refractivity contribution in [2.75, 3.05) is 11.9 Å². The molecule has 26 heavy (non-hydrogen) atoms. The first-order chi connectivity index (χ1) is 12.6. The minimum absolute atomic E-state index is 0.333. The Morgan fingerprint density at radius 1 is 1.00 bits per heavy atom. The highest BCUT2D eigenvalue weighted by Gasteiger charge is 2.08. The highest BCUT2D eigenvalue weighted by molar-refractivity contribution is 6.03. The first kappa shape index (κ1) is 17.4. The molecule has 130 valence electrons. The van der Waals surface area contributed by atoms with Crippen LogP contribution in [0.3, 0.4) is 0 Å². The monoisotopic (exact) mass is 345 g/mol. The number of nitrogens with one attached hydrogen (secondary N) is 1. The number of rotatable bonds is 5. The summed E-state index contributed by atoms with van der Waals surface area (Å²) in [5.74, 6) is -0.932. The van der Waals surface area contributed by atoms with Gasteiger partial charge in [0.05, 0.1) is 0 Å². The second-order valence-electron chi connectivity index (χ2n) is 5.93. The van der Waals surface area contributed by atoms with Gasteiger partial charge >= 0.3 is 5.97 Å². The van der Waals surface area contributed by atoms with Crippen molar-refractivity contribution in [3.8, 4) is 0 Å². The zero-order chi connectivity index (χ0) is 18.4. The van der Waals surface area contributed by atoms with Gasteiger partial charge in [0.15, 0.2) is 6.61 Å². The van der Waals surface area contributed by atoms with Gasteiger partial charge < -0.3 is 10.1 Å². The molecule has 0 saturated heterocycles. The summed E-state index contributed by atoms with van der Waals surface area (Å²) in [5, 5.41) is 4.75. The zero-order valence-corrected chi connectivity index (χ0v) is 14.4. The van der Waals surface area contributed by atoms with Crippen molar-refractivity contribution in [3.63, 3.8) is 0 Å². The van der Waals surface area contributed by atoms with Crippen LogP contribution < -0.4 is 5.32 Å². The third kappa shape index (κ3) is 4.57. The Balaban J connectivity index is 1.56. The highest BCUT2D eigenvalue weighted by atomic mass is 16.5. The molecule has 0 atom stereocenters. The lowest BCUT2D eigenvalue weighted by Gasteiger charge is -2.08. The first-order valence-electron chi connectivity index (χ1n) is 8.31. The third-order valence-corrected chi connectivity index (χ3v) is 3.86. The second-order valence-corrected chi connectivity index (χ2v) is 5.93. The third-order valence-electron chi connectivity index (χ3n) is 3.86. The molecule has 1 amide bonds. The van der Waals surface area contributed by atoms with Gasteiger partial charge in [-0.05, 0) is 30.0 Å². The maximum Gasteiger partial charge on any atom is 0.331 e. The lowest BCUT2D eigenvalue weighted by atomic mass is 10.1. The number of anilines is 1. The van der Waals surface area contributed by atoms with Crippen LogP contribution in [0.5, 0.6) is 0 Å². The molecule has 3 aromatic rings. The lowest BCUT2D eigenvalue weighted by Crippen LogP contribution is -2.20. The van der Waals surface area contributed by atoms with Gasteiger partial charge in [-0.2, -0.15) is 0 Å². The van der Waals surface area contributed by atoms with Crippen molar-refractivity contribution in [3.05, 3.63) is 83.9 Å². The molecule has 0 aliphatic carbocycles. The molecule has 0 bridgehead atoms. The van der Waals surface area contributed by atoms with E-state index < -0.39 is 5.97 Å². The molecule has 0 spiro atoms. The van der Waals surface area contributed by atoms with E-state index in [9.17, 15) is 9.59 Å². The Kier molecular flexibility index (Phi) is 5.44. The summed E-state index contributed by atoms with van der Waals surface area (Å²) in [4.78, 5) is 23.8. The Morgan fingerprint density at radius 3 is 2.62 bits per heavy atom. The van der Waals surface area contributed by atoms with Gasteiger partial charge in [0, 0.05) is 17.1 Å². The van der Waals surface area contributed by atoms with Crippen LogP contribution in [-0.2, 0) is 14.3 Å². The van der Waals surface area contributed by atoms with Crippen molar-refractivity contribution < 1.29 is 14.3 Å². The highest BCUT2D eigenvalue weighted by Crippen LogP contribution is 2.22. The van der Waals surface area contributed by atoms with Gasteiger partial charge in [0.25, 0.3) is 5.91 Å². The minimum atomic E-state index is -0.556.